The maximum absolute atomic E-state index is 13.0. The Hall–Kier alpha value is -2.74. The van der Waals surface area contributed by atoms with Crippen molar-refractivity contribution in [1.82, 2.24) is 20.1 Å². The van der Waals surface area contributed by atoms with Crippen molar-refractivity contribution in [3.05, 3.63) is 58.8 Å². The number of H-pyrrole nitrogens is 1. The van der Waals surface area contributed by atoms with Crippen LogP contribution in [0.1, 0.15) is 16.4 Å². The lowest BCUT2D eigenvalue weighted by Crippen LogP contribution is -2.26. The van der Waals surface area contributed by atoms with Crippen LogP contribution in [0.2, 0.25) is 0 Å². The lowest BCUT2D eigenvalue weighted by molar-refractivity contribution is 0.0927. The highest BCUT2D eigenvalue weighted by Crippen LogP contribution is 2.25. The van der Waals surface area contributed by atoms with E-state index >= 15 is 0 Å². The maximum Gasteiger partial charge on any atom is 0.287 e. The number of nitrogens with one attached hydrogen (secondary N) is 2. The quantitative estimate of drug-likeness (QED) is 0.697. The average molecular weight is 346 g/mol. The van der Waals surface area contributed by atoms with Crippen LogP contribution < -0.4 is 5.32 Å². The number of aromatic nitrogens is 3. The molecule has 1 amide bonds. The highest BCUT2D eigenvalue weighted by molar-refractivity contribution is 7.71. The van der Waals surface area contributed by atoms with E-state index in [2.05, 4.69) is 15.5 Å². The highest BCUT2D eigenvalue weighted by Gasteiger charge is 2.16. The molecule has 0 spiro atoms. The molecule has 3 rings (SSSR count). The summed E-state index contributed by atoms with van der Waals surface area (Å²) < 4.78 is 20.6. The normalized spacial score (nSPS) is 10.8. The number of hydrogen-bond donors (Lipinski definition) is 2. The zero-order valence-corrected chi connectivity index (χ0v) is 13.7. The van der Waals surface area contributed by atoms with Gasteiger partial charge in [0.25, 0.3) is 5.91 Å². The van der Waals surface area contributed by atoms with Gasteiger partial charge in [-0.15, -0.1) is 0 Å². The molecule has 0 aliphatic rings. The summed E-state index contributed by atoms with van der Waals surface area (Å²) in [5.74, 6) is 0.271. The zero-order valence-electron chi connectivity index (χ0n) is 12.9. The van der Waals surface area contributed by atoms with E-state index in [-0.39, 0.29) is 17.5 Å². The zero-order chi connectivity index (χ0) is 17.1. The molecule has 2 N–H and O–H groups in total. The third-order valence-corrected chi connectivity index (χ3v) is 4.00. The van der Waals surface area contributed by atoms with Crippen LogP contribution in [0.5, 0.6) is 0 Å². The first-order chi connectivity index (χ1) is 11.6. The van der Waals surface area contributed by atoms with Gasteiger partial charge in [0.15, 0.2) is 10.5 Å². The van der Waals surface area contributed by atoms with E-state index in [1.165, 1.54) is 18.4 Å². The summed E-state index contributed by atoms with van der Waals surface area (Å²) in [6.07, 6.45) is 1.97. The van der Waals surface area contributed by atoms with Crippen LogP contribution in [0, 0.1) is 10.6 Å². The molecule has 1 aromatic carbocycles. The lowest BCUT2D eigenvalue weighted by Gasteiger charge is -2.05. The summed E-state index contributed by atoms with van der Waals surface area (Å²) in [6, 6.07) is 7.57. The van der Waals surface area contributed by atoms with Gasteiger partial charge in [-0.25, -0.2) is 4.39 Å². The van der Waals surface area contributed by atoms with Crippen molar-refractivity contribution in [2.75, 3.05) is 6.54 Å². The number of rotatable bonds is 5. The second-order valence-corrected chi connectivity index (χ2v) is 5.57. The Morgan fingerprint density at radius 2 is 2.12 bits per heavy atom. The molecule has 24 heavy (non-hydrogen) atoms. The number of carbonyl (C=O) groups is 1. The molecule has 6 nitrogen and oxygen atoms in total. The number of carbonyl (C=O) groups excluding carboxylic acids is 1. The van der Waals surface area contributed by atoms with Crippen LogP contribution >= 0.6 is 12.2 Å². The van der Waals surface area contributed by atoms with E-state index in [0.29, 0.717) is 28.9 Å². The minimum Gasteiger partial charge on any atom is -0.459 e. The first kappa shape index (κ1) is 16.1. The molecule has 0 radical (unpaired) electrons. The fourth-order valence-electron chi connectivity index (χ4n) is 2.31. The Bertz CT molecular complexity index is 911. The molecule has 0 aliphatic heterocycles. The van der Waals surface area contributed by atoms with Crippen LogP contribution in [0.4, 0.5) is 4.39 Å². The summed E-state index contributed by atoms with van der Waals surface area (Å²) in [5.41, 5.74) is 1.33. The van der Waals surface area contributed by atoms with Crippen molar-refractivity contribution in [2.45, 2.75) is 6.42 Å². The van der Waals surface area contributed by atoms with Gasteiger partial charge in [0.05, 0.1) is 6.26 Å². The molecular weight excluding hydrogens is 331 g/mol. The monoisotopic (exact) mass is 346 g/mol. The van der Waals surface area contributed by atoms with Gasteiger partial charge in [-0.2, -0.15) is 5.10 Å². The van der Waals surface area contributed by atoms with Crippen molar-refractivity contribution in [1.29, 1.82) is 0 Å². The van der Waals surface area contributed by atoms with Gasteiger partial charge >= 0.3 is 0 Å². The van der Waals surface area contributed by atoms with Crippen LogP contribution in [0.3, 0.4) is 0 Å². The number of hydrogen-bond acceptors (Lipinski definition) is 4. The molecule has 0 aliphatic carbocycles. The third kappa shape index (κ3) is 3.28. The van der Waals surface area contributed by atoms with E-state index < -0.39 is 0 Å². The molecule has 3 aromatic rings. The van der Waals surface area contributed by atoms with Gasteiger partial charge in [0, 0.05) is 25.6 Å². The first-order valence-corrected chi connectivity index (χ1v) is 7.69. The van der Waals surface area contributed by atoms with Gasteiger partial charge in [-0.05, 0) is 36.0 Å². The van der Waals surface area contributed by atoms with Crippen LogP contribution in [-0.2, 0) is 13.5 Å². The number of halogens is 1. The minimum atomic E-state index is -0.337. The molecule has 8 heteroatoms. The molecule has 2 heterocycles. The Labute approximate surface area is 142 Å². The summed E-state index contributed by atoms with van der Waals surface area (Å²) in [5, 5.41) is 9.56. The smallest absolute Gasteiger partial charge is 0.287 e. The minimum absolute atomic E-state index is 0.192. The number of amides is 1. The van der Waals surface area contributed by atoms with Gasteiger partial charge < -0.3 is 14.3 Å². The lowest BCUT2D eigenvalue weighted by atomic mass is 10.1. The average Bonchev–Trinajstić information content (AvgIpc) is 3.18. The van der Waals surface area contributed by atoms with E-state index in [9.17, 15) is 9.18 Å². The van der Waals surface area contributed by atoms with Crippen molar-refractivity contribution in [2.24, 2.45) is 7.05 Å². The summed E-state index contributed by atoms with van der Waals surface area (Å²) in [6.45, 7) is 0.385. The second-order valence-electron chi connectivity index (χ2n) is 5.18. The van der Waals surface area contributed by atoms with E-state index in [0.717, 1.165) is 5.82 Å². The predicted octanol–water partition coefficient (Wildman–Crippen LogP) is 2.85. The Morgan fingerprint density at radius 3 is 2.79 bits per heavy atom. The number of furan rings is 1. The van der Waals surface area contributed by atoms with Crippen LogP contribution in [0.15, 0.2) is 41.0 Å². The molecule has 0 unspecified atom stereocenters. The predicted molar refractivity (Wildman–Crippen MR) is 88.5 cm³/mol. The molecular formula is C16H15FN4O2S. The van der Waals surface area contributed by atoms with Crippen LogP contribution in [0.25, 0.3) is 11.1 Å². The van der Waals surface area contributed by atoms with Crippen molar-refractivity contribution >= 4 is 18.1 Å². The van der Waals surface area contributed by atoms with E-state index in [1.54, 1.807) is 22.8 Å². The molecule has 124 valence electrons. The SMILES string of the molecule is Cn1c(CCNC(=O)c2occc2-c2ccc(F)cc2)n[nH]c1=S. The molecule has 0 bridgehead atoms. The number of benzene rings is 1. The topological polar surface area (TPSA) is 75.8 Å². The summed E-state index contributed by atoms with van der Waals surface area (Å²) in [7, 11) is 1.81. The Morgan fingerprint density at radius 1 is 1.38 bits per heavy atom. The van der Waals surface area contributed by atoms with Gasteiger partial charge in [-0.3, -0.25) is 9.89 Å². The van der Waals surface area contributed by atoms with E-state index in [4.69, 9.17) is 16.6 Å². The Balaban J connectivity index is 1.68. The fourth-order valence-corrected chi connectivity index (χ4v) is 2.46. The second kappa shape index (κ2) is 6.79. The van der Waals surface area contributed by atoms with Gasteiger partial charge in [-0.1, -0.05) is 12.1 Å². The summed E-state index contributed by atoms with van der Waals surface area (Å²) in [4.78, 5) is 12.3. The van der Waals surface area contributed by atoms with Crippen molar-refractivity contribution in [3.8, 4) is 11.1 Å². The first-order valence-electron chi connectivity index (χ1n) is 7.28. The standard InChI is InChI=1S/C16H15FN4O2S/c1-21-13(19-20-16(21)24)6-8-18-15(22)14-12(7-9-23-14)10-2-4-11(17)5-3-10/h2-5,7,9H,6,8H2,1H3,(H,18,22)(H,20,24). The number of nitrogens with zero attached hydrogens (tertiary/aromatic N) is 2. The van der Waals surface area contributed by atoms with Crippen LogP contribution in [-0.4, -0.2) is 27.2 Å². The van der Waals surface area contributed by atoms with Gasteiger partial charge in [0.1, 0.15) is 11.6 Å². The molecule has 0 saturated carbocycles. The Kier molecular flexibility index (Phi) is 4.57. The highest BCUT2D eigenvalue weighted by atomic mass is 32.1. The molecule has 0 saturated heterocycles. The number of aromatic amines is 1. The summed E-state index contributed by atoms with van der Waals surface area (Å²) >= 11 is 5.04. The fraction of sp³-hybridized carbons (Fsp3) is 0.188. The largest absolute Gasteiger partial charge is 0.459 e. The third-order valence-electron chi connectivity index (χ3n) is 3.63. The van der Waals surface area contributed by atoms with Crippen molar-refractivity contribution < 1.29 is 13.6 Å². The van der Waals surface area contributed by atoms with E-state index in [1.807, 2.05) is 7.05 Å². The maximum atomic E-state index is 13.0. The van der Waals surface area contributed by atoms with Gasteiger partial charge in [0.2, 0.25) is 0 Å². The van der Waals surface area contributed by atoms with Crippen molar-refractivity contribution in [3.63, 3.8) is 0 Å². The molecule has 0 fully saturated rings. The molecule has 2 aromatic heterocycles. The molecule has 0 atom stereocenters.